The summed E-state index contributed by atoms with van der Waals surface area (Å²) in [6.45, 7) is 3.64. The molecule has 0 atom stereocenters. The molecule has 0 radical (unpaired) electrons. The molecular formula is C18H22N2O4S. The van der Waals surface area contributed by atoms with Crippen LogP contribution in [0.2, 0.25) is 0 Å². The normalized spacial score (nSPS) is 11.4. The minimum Gasteiger partial charge on any atom is -0.496 e. The fraction of sp³-hybridized carbons (Fsp3) is 0.278. The maximum absolute atomic E-state index is 12.6. The second kappa shape index (κ2) is 7.25. The van der Waals surface area contributed by atoms with Gasteiger partial charge >= 0.3 is 0 Å². The molecule has 0 spiro atoms. The molecule has 134 valence electrons. The van der Waals surface area contributed by atoms with E-state index in [1.165, 1.54) is 27.3 Å². The van der Waals surface area contributed by atoms with E-state index in [0.29, 0.717) is 17.0 Å². The number of sulfonamides is 1. The van der Waals surface area contributed by atoms with Gasteiger partial charge in [-0.25, -0.2) is 12.7 Å². The summed E-state index contributed by atoms with van der Waals surface area (Å²) in [5.74, 6) is 0.0887. The van der Waals surface area contributed by atoms with Crippen LogP contribution in [0.5, 0.6) is 5.75 Å². The van der Waals surface area contributed by atoms with Crippen molar-refractivity contribution in [3.8, 4) is 5.75 Å². The third-order valence-electron chi connectivity index (χ3n) is 4.02. The topological polar surface area (TPSA) is 75.7 Å². The van der Waals surface area contributed by atoms with Gasteiger partial charge < -0.3 is 10.1 Å². The molecule has 0 bridgehead atoms. The summed E-state index contributed by atoms with van der Waals surface area (Å²) in [5.41, 5.74) is 2.42. The zero-order valence-corrected chi connectivity index (χ0v) is 15.8. The zero-order chi connectivity index (χ0) is 18.8. The zero-order valence-electron chi connectivity index (χ0n) is 15.0. The van der Waals surface area contributed by atoms with E-state index in [-0.39, 0.29) is 10.8 Å². The van der Waals surface area contributed by atoms with Gasteiger partial charge in [0, 0.05) is 19.8 Å². The average Bonchev–Trinajstić information content (AvgIpc) is 2.58. The largest absolute Gasteiger partial charge is 0.496 e. The van der Waals surface area contributed by atoms with Crippen LogP contribution in [0.25, 0.3) is 0 Å². The first-order valence-corrected chi connectivity index (χ1v) is 9.10. The predicted octanol–water partition coefficient (Wildman–Crippen LogP) is 2.81. The van der Waals surface area contributed by atoms with Crippen LogP contribution in [0.15, 0.2) is 41.3 Å². The first-order valence-electron chi connectivity index (χ1n) is 7.66. The second-order valence-electron chi connectivity index (χ2n) is 5.85. The van der Waals surface area contributed by atoms with Crippen LogP contribution in [-0.2, 0) is 10.0 Å². The molecule has 0 aliphatic rings. The number of amides is 1. The van der Waals surface area contributed by atoms with Crippen molar-refractivity contribution < 1.29 is 17.9 Å². The molecule has 2 aromatic rings. The molecule has 0 saturated heterocycles. The van der Waals surface area contributed by atoms with Crippen LogP contribution in [0, 0.1) is 13.8 Å². The molecule has 2 aromatic carbocycles. The van der Waals surface area contributed by atoms with Gasteiger partial charge in [0.2, 0.25) is 10.0 Å². The van der Waals surface area contributed by atoms with E-state index in [1.54, 1.807) is 30.3 Å². The minimum absolute atomic E-state index is 0.135. The standard InChI is InChI=1S/C18H22N2O4S/c1-12-10-14(25(22,23)20(3)4)11-16(13(12)2)19-18(21)15-8-6-7-9-17(15)24-5/h6-11H,1-5H3,(H,19,21). The Bertz CT molecular complexity index is 905. The number of para-hydroxylation sites is 1. The molecule has 0 saturated carbocycles. The smallest absolute Gasteiger partial charge is 0.259 e. The van der Waals surface area contributed by atoms with Gasteiger partial charge in [0.25, 0.3) is 5.91 Å². The van der Waals surface area contributed by atoms with E-state index in [1.807, 2.05) is 13.8 Å². The summed E-state index contributed by atoms with van der Waals surface area (Å²) in [5, 5.41) is 2.79. The first kappa shape index (κ1) is 19.0. The van der Waals surface area contributed by atoms with Gasteiger partial charge in [0.1, 0.15) is 5.75 Å². The molecular weight excluding hydrogens is 340 g/mol. The minimum atomic E-state index is -3.59. The lowest BCUT2D eigenvalue weighted by Gasteiger charge is -2.17. The molecule has 0 unspecified atom stereocenters. The Hall–Kier alpha value is -2.38. The summed E-state index contributed by atoms with van der Waals surface area (Å²) in [6, 6.07) is 9.93. The maximum Gasteiger partial charge on any atom is 0.259 e. The van der Waals surface area contributed by atoms with Crippen molar-refractivity contribution in [1.82, 2.24) is 4.31 Å². The van der Waals surface area contributed by atoms with Gasteiger partial charge in [-0.05, 0) is 49.2 Å². The number of carbonyl (C=O) groups is 1. The van der Waals surface area contributed by atoms with Gasteiger partial charge in [-0.3, -0.25) is 4.79 Å². The maximum atomic E-state index is 12.6. The van der Waals surface area contributed by atoms with Gasteiger partial charge in [0.15, 0.2) is 0 Å². The summed E-state index contributed by atoms with van der Waals surface area (Å²) < 4.78 is 31.1. The summed E-state index contributed by atoms with van der Waals surface area (Å²) in [6.07, 6.45) is 0. The number of ether oxygens (including phenoxy) is 1. The number of rotatable bonds is 5. The number of benzene rings is 2. The fourth-order valence-electron chi connectivity index (χ4n) is 2.34. The lowest BCUT2D eigenvalue weighted by atomic mass is 10.1. The van der Waals surface area contributed by atoms with Crippen molar-refractivity contribution in [3.05, 3.63) is 53.1 Å². The molecule has 0 aromatic heterocycles. The number of aryl methyl sites for hydroxylation is 1. The highest BCUT2D eigenvalue weighted by atomic mass is 32.2. The van der Waals surface area contributed by atoms with Crippen LogP contribution in [-0.4, -0.2) is 39.8 Å². The molecule has 6 nitrogen and oxygen atoms in total. The van der Waals surface area contributed by atoms with Crippen LogP contribution >= 0.6 is 0 Å². The Morgan fingerprint density at radius 1 is 1.12 bits per heavy atom. The van der Waals surface area contributed by atoms with E-state index in [4.69, 9.17) is 4.74 Å². The third kappa shape index (κ3) is 3.83. The molecule has 0 aliphatic heterocycles. The molecule has 2 rings (SSSR count). The molecule has 0 heterocycles. The average molecular weight is 362 g/mol. The van der Waals surface area contributed by atoms with E-state index >= 15 is 0 Å². The number of methoxy groups -OCH3 is 1. The van der Waals surface area contributed by atoms with E-state index in [2.05, 4.69) is 5.32 Å². The molecule has 25 heavy (non-hydrogen) atoms. The molecule has 1 amide bonds. The molecule has 0 fully saturated rings. The highest BCUT2D eigenvalue weighted by molar-refractivity contribution is 7.89. The summed E-state index contributed by atoms with van der Waals surface area (Å²) >= 11 is 0. The fourth-order valence-corrected chi connectivity index (χ4v) is 3.35. The molecule has 0 aliphatic carbocycles. The van der Waals surface area contributed by atoms with Crippen LogP contribution in [0.3, 0.4) is 0 Å². The van der Waals surface area contributed by atoms with Crippen molar-refractivity contribution in [2.75, 3.05) is 26.5 Å². The molecule has 1 N–H and O–H groups in total. The number of hydrogen-bond donors (Lipinski definition) is 1. The highest BCUT2D eigenvalue weighted by Crippen LogP contribution is 2.27. The monoisotopic (exact) mass is 362 g/mol. The van der Waals surface area contributed by atoms with E-state index in [9.17, 15) is 13.2 Å². The first-order chi connectivity index (χ1) is 11.7. The number of carbonyl (C=O) groups excluding carboxylic acids is 1. The van der Waals surface area contributed by atoms with Gasteiger partial charge in [-0.2, -0.15) is 0 Å². The van der Waals surface area contributed by atoms with Crippen molar-refractivity contribution in [3.63, 3.8) is 0 Å². The van der Waals surface area contributed by atoms with Crippen molar-refractivity contribution in [2.24, 2.45) is 0 Å². The highest BCUT2D eigenvalue weighted by Gasteiger charge is 2.21. The van der Waals surface area contributed by atoms with Gasteiger partial charge in [0.05, 0.1) is 17.6 Å². The molecule has 7 heteroatoms. The Morgan fingerprint density at radius 3 is 2.36 bits per heavy atom. The Kier molecular flexibility index (Phi) is 5.49. The lowest BCUT2D eigenvalue weighted by Crippen LogP contribution is -2.23. The Morgan fingerprint density at radius 2 is 1.76 bits per heavy atom. The Balaban J connectivity index is 2.46. The van der Waals surface area contributed by atoms with Gasteiger partial charge in [-0.15, -0.1) is 0 Å². The van der Waals surface area contributed by atoms with Crippen molar-refractivity contribution >= 4 is 21.6 Å². The summed E-state index contributed by atoms with van der Waals surface area (Å²) in [7, 11) is 0.837. The number of nitrogens with one attached hydrogen (secondary N) is 1. The quantitative estimate of drug-likeness (QED) is 0.887. The van der Waals surface area contributed by atoms with E-state index in [0.717, 1.165) is 15.4 Å². The van der Waals surface area contributed by atoms with Crippen LogP contribution in [0.4, 0.5) is 5.69 Å². The van der Waals surface area contributed by atoms with Crippen molar-refractivity contribution in [2.45, 2.75) is 18.7 Å². The third-order valence-corrected chi connectivity index (χ3v) is 5.81. The number of anilines is 1. The SMILES string of the molecule is COc1ccccc1C(=O)Nc1cc(S(=O)(=O)N(C)C)cc(C)c1C. The van der Waals surface area contributed by atoms with E-state index < -0.39 is 10.0 Å². The summed E-state index contributed by atoms with van der Waals surface area (Å²) in [4.78, 5) is 12.7. The number of nitrogens with zero attached hydrogens (tertiary/aromatic N) is 1. The van der Waals surface area contributed by atoms with Crippen LogP contribution in [0.1, 0.15) is 21.5 Å². The van der Waals surface area contributed by atoms with Crippen molar-refractivity contribution in [1.29, 1.82) is 0 Å². The Labute approximate surface area is 148 Å². The lowest BCUT2D eigenvalue weighted by molar-refractivity contribution is 0.102. The second-order valence-corrected chi connectivity index (χ2v) is 8.01. The van der Waals surface area contributed by atoms with Crippen LogP contribution < -0.4 is 10.1 Å². The number of hydrogen-bond acceptors (Lipinski definition) is 4. The predicted molar refractivity (Wildman–Crippen MR) is 97.7 cm³/mol. The van der Waals surface area contributed by atoms with Gasteiger partial charge in [-0.1, -0.05) is 12.1 Å².